The molecule has 1 aromatic rings. The lowest BCUT2D eigenvalue weighted by Gasteiger charge is -2.24. The average molecular weight is 423 g/mol. The van der Waals surface area contributed by atoms with Gasteiger partial charge in [-0.15, -0.1) is 0 Å². The minimum absolute atomic E-state index is 0.235. The molecule has 5 nitrogen and oxygen atoms in total. The van der Waals surface area contributed by atoms with Crippen molar-refractivity contribution in [3.8, 4) is 0 Å². The summed E-state index contributed by atoms with van der Waals surface area (Å²) >= 11 is 5.28. The van der Waals surface area contributed by atoms with Crippen molar-refractivity contribution in [2.24, 2.45) is 0 Å². The first-order valence-corrected chi connectivity index (χ1v) is 11.1. The molecule has 2 N–H and O–H groups in total. The number of alkyl carbamates (subject to hydrolysis) is 1. The van der Waals surface area contributed by atoms with Gasteiger partial charge < -0.3 is 20.1 Å². The van der Waals surface area contributed by atoms with Crippen LogP contribution in [0.3, 0.4) is 0 Å². The molecule has 1 atom stereocenters. The average Bonchev–Trinajstić information content (AvgIpc) is 2.64. The molecule has 1 aromatic carbocycles. The van der Waals surface area contributed by atoms with Crippen LogP contribution in [-0.4, -0.2) is 36.1 Å². The van der Waals surface area contributed by atoms with Gasteiger partial charge in [0.25, 0.3) is 5.17 Å². The van der Waals surface area contributed by atoms with Gasteiger partial charge in [0, 0.05) is 6.54 Å². The summed E-state index contributed by atoms with van der Waals surface area (Å²) in [5, 5.41) is 6.43. The highest BCUT2D eigenvalue weighted by Gasteiger charge is 2.20. The third-order valence-corrected chi connectivity index (χ3v) is 4.52. The summed E-state index contributed by atoms with van der Waals surface area (Å²) in [5.41, 5.74) is 0.569. The Morgan fingerprint density at radius 1 is 1.07 bits per heavy atom. The highest BCUT2D eigenvalue weighted by molar-refractivity contribution is 7.80. The third-order valence-electron chi connectivity index (χ3n) is 4.26. The summed E-state index contributed by atoms with van der Waals surface area (Å²) in [6.45, 7) is 8.86. The largest absolute Gasteiger partial charge is 0.469 e. The van der Waals surface area contributed by atoms with Crippen molar-refractivity contribution >= 4 is 23.5 Å². The van der Waals surface area contributed by atoms with Crippen LogP contribution in [0.5, 0.6) is 0 Å². The van der Waals surface area contributed by atoms with Gasteiger partial charge in [-0.05, 0) is 51.4 Å². The number of hydrogen-bond donors (Lipinski definition) is 2. The fraction of sp³-hybridized carbons (Fsp3) is 0.652. The van der Waals surface area contributed by atoms with Crippen molar-refractivity contribution in [3.63, 3.8) is 0 Å². The topological polar surface area (TPSA) is 59.6 Å². The summed E-state index contributed by atoms with van der Waals surface area (Å²) in [7, 11) is 0. The zero-order valence-electron chi connectivity index (χ0n) is 18.5. The quantitative estimate of drug-likeness (QED) is 0.350. The van der Waals surface area contributed by atoms with E-state index in [-0.39, 0.29) is 12.6 Å². The van der Waals surface area contributed by atoms with Crippen LogP contribution in [0.2, 0.25) is 0 Å². The minimum atomic E-state index is -0.545. The van der Waals surface area contributed by atoms with Gasteiger partial charge in [-0.25, -0.2) is 4.79 Å². The molecule has 6 heteroatoms. The molecule has 0 saturated heterocycles. The molecule has 0 aliphatic heterocycles. The smallest absolute Gasteiger partial charge is 0.408 e. The molecule has 0 saturated carbocycles. The van der Waals surface area contributed by atoms with Crippen molar-refractivity contribution in [1.82, 2.24) is 10.6 Å². The van der Waals surface area contributed by atoms with Gasteiger partial charge in [-0.2, -0.15) is 0 Å². The number of rotatable bonds is 12. The van der Waals surface area contributed by atoms with Crippen LogP contribution in [0.25, 0.3) is 0 Å². The van der Waals surface area contributed by atoms with Crippen LogP contribution < -0.4 is 10.6 Å². The maximum absolute atomic E-state index is 12.2. The van der Waals surface area contributed by atoms with E-state index in [4.69, 9.17) is 21.7 Å². The Balaban J connectivity index is 2.41. The van der Waals surface area contributed by atoms with Gasteiger partial charge in [0.15, 0.2) is 0 Å². The number of benzene rings is 1. The summed E-state index contributed by atoms with van der Waals surface area (Å²) in [6, 6.07) is 9.75. The van der Waals surface area contributed by atoms with Crippen molar-refractivity contribution in [2.45, 2.75) is 84.3 Å². The Morgan fingerprint density at radius 2 is 1.72 bits per heavy atom. The van der Waals surface area contributed by atoms with E-state index in [2.05, 4.69) is 17.6 Å². The van der Waals surface area contributed by atoms with Gasteiger partial charge in [-0.3, -0.25) is 0 Å². The Hall–Kier alpha value is -1.82. The monoisotopic (exact) mass is 422 g/mol. The second-order valence-electron chi connectivity index (χ2n) is 8.33. The lowest BCUT2D eigenvalue weighted by molar-refractivity contribution is 0.0485. The number of amides is 1. The van der Waals surface area contributed by atoms with Gasteiger partial charge >= 0.3 is 6.09 Å². The van der Waals surface area contributed by atoms with Gasteiger partial charge in [0.2, 0.25) is 0 Å². The second kappa shape index (κ2) is 14.2. The summed E-state index contributed by atoms with van der Waals surface area (Å²) < 4.78 is 11.1. The molecular weight excluding hydrogens is 384 g/mol. The third kappa shape index (κ3) is 13.9. The van der Waals surface area contributed by atoms with Crippen LogP contribution in [0, 0.1) is 0 Å². The number of carbonyl (C=O) groups is 1. The summed E-state index contributed by atoms with van der Waals surface area (Å²) in [4.78, 5) is 12.2. The molecule has 0 spiro atoms. The molecule has 0 bridgehead atoms. The predicted molar refractivity (Wildman–Crippen MR) is 123 cm³/mol. The number of hydrogen-bond acceptors (Lipinski definition) is 4. The van der Waals surface area contributed by atoms with Gasteiger partial charge in [0.1, 0.15) is 12.2 Å². The molecule has 0 radical (unpaired) electrons. The van der Waals surface area contributed by atoms with E-state index in [1.165, 1.54) is 32.1 Å². The number of unbranched alkanes of at least 4 members (excludes halogenated alkanes) is 5. The lowest BCUT2D eigenvalue weighted by atomic mass is 10.1. The zero-order chi connectivity index (χ0) is 21.5. The van der Waals surface area contributed by atoms with Crippen molar-refractivity contribution in [3.05, 3.63) is 35.9 Å². The summed E-state index contributed by atoms with van der Waals surface area (Å²) in [6.07, 6.45) is 7.61. The first kappa shape index (κ1) is 25.2. The fourth-order valence-electron chi connectivity index (χ4n) is 2.85. The van der Waals surface area contributed by atoms with E-state index >= 15 is 0 Å². The molecule has 1 rings (SSSR count). The van der Waals surface area contributed by atoms with Crippen LogP contribution in [0.1, 0.15) is 71.8 Å². The van der Waals surface area contributed by atoms with E-state index in [0.29, 0.717) is 11.6 Å². The first-order valence-electron chi connectivity index (χ1n) is 10.7. The predicted octanol–water partition coefficient (Wildman–Crippen LogP) is 5.37. The molecule has 0 unspecified atom stereocenters. The first-order chi connectivity index (χ1) is 13.8. The molecule has 0 fully saturated rings. The normalized spacial score (nSPS) is 12.1. The fourth-order valence-corrected chi connectivity index (χ4v) is 3.02. The van der Waals surface area contributed by atoms with Crippen LogP contribution in [0.4, 0.5) is 4.79 Å². The standard InChI is InChI=1S/C23H38N2O3S/c1-5-6-7-8-9-13-16-24-22(29)27-18-20(17-19-14-11-10-12-15-19)25-21(26)28-23(2,3)4/h10-12,14-15,20H,5-9,13,16-18H2,1-4H3,(H,24,29)(H,25,26)/t20-/m1/s1. The van der Waals surface area contributed by atoms with Crippen LogP contribution in [0.15, 0.2) is 30.3 Å². The van der Waals surface area contributed by atoms with Crippen molar-refractivity contribution in [1.29, 1.82) is 0 Å². The minimum Gasteiger partial charge on any atom is -0.469 e. The number of ether oxygens (including phenoxy) is 2. The molecule has 29 heavy (non-hydrogen) atoms. The molecular formula is C23H38N2O3S. The highest BCUT2D eigenvalue weighted by Crippen LogP contribution is 2.09. The molecule has 0 aromatic heterocycles. The second-order valence-corrected chi connectivity index (χ2v) is 8.70. The number of thiocarbonyl (C=S) groups is 1. The van der Waals surface area contributed by atoms with Crippen LogP contribution >= 0.6 is 12.2 Å². The maximum Gasteiger partial charge on any atom is 0.408 e. The van der Waals surface area contributed by atoms with E-state index in [9.17, 15) is 4.79 Å². The molecule has 0 heterocycles. The van der Waals surface area contributed by atoms with Crippen LogP contribution in [-0.2, 0) is 15.9 Å². The van der Waals surface area contributed by atoms with E-state index < -0.39 is 11.7 Å². The highest BCUT2D eigenvalue weighted by atomic mass is 32.1. The Labute approximate surface area is 181 Å². The van der Waals surface area contributed by atoms with Crippen molar-refractivity contribution in [2.75, 3.05) is 13.2 Å². The Morgan fingerprint density at radius 3 is 2.38 bits per heavy atom. The molecule has 164 valence electrons. The summed E-state index contributed by atoms with van der Waals surface area (Å²) in [5.74, 6) is 0. The maximum atomic E-state index is 12.2. The molecule has 0 aliphatic carbocycles. The van der Waals surface area contributed by atoms with Crippen molar-refractivity contribution < 1.29 is 14.3 Å². The number of carbonyl (C=O) groups excluding carboxylic acids is 1. The van der Waals surface area contributed by atoms with Gasteiger partial charge in [0.05, 0.1) is 6.04 Å². The van der Waals surface area contributed by atoms with E-state index in [1.807, 2.05) is 51.1 Å². The SMILES string of the molecule is CCCCCCCCNC(=S)OC[C@@H](Cc1ccccc1)NC(=O)OC(C)(C)C. The Bertz CT molecular complexity index is 588. The number of nitrogens with one attached hydrogen (secondary N) is 2. The zero-order valence-corrected chi connectivity index (χ0v) is 19.3. The molecule has 0 aliphatic rings. The lowest BCUT2D eigenvalue weighted by Crippen LogP contribution is -2.43. The van der Waals surface area contributed by atoms with E-state index in [0.717, 1.165) is 18.5 Å². The molecule has 1 amide bonds. The Kier molecular flexibility index (Phi) is 12.4. The van der Waals surface area contributed by atoms with E-state index in [1.54, 1.807) is 0 Å². The van der Waals surface area contributed by atoms with Gasteiger partial charge in [-0.1, -0.05) is 69.4 Å².